The Labute approximate surface area is 107 Å². The summed E-state index contributed by atoms with van der Waals surface area (Å²) in [7, 11) is 0. The fourth-order valence-electron chi connectivity index (χ4n) is 1.43. The van der Waals surface area contributed by atoms with Gasteiger partial charge in [0.05, 0.1) is 11.4 Å². The van der Waals surface area contributed by atoms with E-state index >= 15 is 0 Å². The van der Waals surface area contributed by atoms with Crippen LogP contribution in [0, 0.1) is 29.5 Å². The van der Waals surface area contributed by atoms with Crippen molar-refractivity contribution < 1.29 is 8.91 Å². The largest absolute Gasteiger partial charge is 0.382 e. The number of aryl methyl sites for hydroxylation is 1. The molecular formula is C11H9FN6O. The first-order chi connectivity index (χ1) is 9.02. The van der Waals surface area contributed by atoms with Gasteiger partial charge in [0, 0.05) is 11.5 Å². The van der Waals surface area contributed by atoms with Gasteiger partial charge < -0.3 is 10.3 Å². The van der Waals surface area contributed by atoms with E-state index in [1.165, 1.54) is 6.07 Å². The van der Waals surface area contributed by atoms with Crippen LogP contribution in [0.3, 0.4) is 0 Å². The lowest BCUT2D eigenvalue weighted by atomic mass is 10.2. The van der Waals surface area contributed by atoms with Gasteiger partial charge in [0.2, 0.25) is 5.71 Å². The molecule has 1 aromatic carbocycles. The molecule has 19 heavy (non-hydrogen) atoms. The minimum absolute atomic E-state index is 0.0350. The first-order valence-corrected chi connectivity index (χ1v) is 5.16. The maximum Gasteiger partial charge on any atom is 0.201 e. The van der Waals surface area contributed by atoms with E-state index in [1.807, 2.05) is 0 Å². The van der Waals surface area contributed by atoms with Gasteiger partial charge in [-0.15, -0.1) is 0 Å². The van der Waals surface area contributed by atoms with Gasteiger partial charge in [-0.2, -0.15) is 10.4 Å². The monoisotopic (exact) mass is 260 g/mol. The van der Waals surface area contributed by atoms with Crippen molar-refractivity contribution in [3.8, 4) is 6.07 Å². The third-order valence-electron chi connectivity index (χ3n) is 2.39. The van der Waals surface area contributed by atoms with E-state index < -0.39 is 11.7 Å². The van der Waals surface area contributed by atoms with E-state index in [4.69, 9.17) is 20.9 Å². The number of fused-ring (bicyclic) bond motifs is 1. The molecule has 0 aliphatic rings. The van der Waals surface area contributed by atoms with Crippen molar-refractivity contribution in [2.75, 3.05) is 5.43 Å². The Kier molecular flexibility index (Phi) is 3.12. The van der Waals surface area contributed by atoms with E-state index in [1.54, 1.807) is 13.0 Å². The van der Waals surface area contributed by atoms with Crippen molar-refractivity contribution in [2.45, 2.75) is 6.92 Å². The zero-order valence-electron chi connectivity index (χ0n) is 9.86. The van der Waals surface area contributed by atoms with Crippen LogP contribution in [-0.2, 0) is 0 Å². The van der Waals surface area contributed by atoms with Gasteiger partial charge in [-0.3, -0.25) is 10.8 Å². The normalized spacial score (nSPS) is 11.3. The molecule has 2 aromatic rings. The van der Waals surface area contributed by atoms with Crippen LogP contribution in [0.1, 0.15) is 5.69 Å². The summed E-state index contributed by atoms with van der Waals surface area (Å²) in [6.45, 7) is 1.72. The molecule has 0 radical (unpaired) electrons. The molecule has 0 fully saturated rings. The second-order valence-corrected chi connectivity index (χ2v) is 3.69. The third-order valence-corrected chi connectivity index (χ3v) is 2.39. The van der Waals surface area contributed by atoms with E-state index in [2.05, 4.69) is 15.7 Å². The average Bonchev–Trinajstić information content (AvgIpc) is 2.71. The summed E-state index contributed by atoms with van der Waals surface area (Å²) in [6, 6.07) is 4.23. The van der Waals surface area contributed by atoms with Crippen LogP contribution in [0.25, 0.3) is 11.0 Å². The van der Waals surface area contributed by atoms with Gasteiger partial charge in [-0.25, -0.2) is 4.39 Å². The fourth-order valence-corrected chi connectivity index (χ4v) is 1.43. The van der Waals surface area contributed by atoms with Crippen LogP contribution in [-0.4, -0.2) is 16.7 Å². The van der Waals surface area contributed by atoms with Gasteiger partial charge >= 0.3 is 0 Å². The Morgan fingerprint density at radius 1 is 1.63 bits per heavy atom. The molecule has 1 heterocycles. The SMILES string of the molecule is Cc1noc2cc(F)c(N/N=C(\C#N)C(=N)N)cc12. The summed E-state index contributed by atoms with van der Waals surface area (Å²) in [5, 5.41) is 23.6. The predicted molar refractivity (Wildman–Crippen MR) is 67.3 cm³/mol. The topological polar surface area (TPSA) is 124 Å². The number of rotatable bonds is 3. The van der Waals surface area contributed by atoms with Crippen molar-refractivity contribution >= 4 is 28.2 Å². The van der Waals surface area contributed by atoms with Gasteiger partial charge in [0.15, 0.2) is 17.2 Å². The van der Waals surface area contributed by atoms with Crippen molar-refractivity contribution in [2.24, 2.45) is 10.8 Å². The lowest BCUT2D eigenvalue weighted by molar-refractivity contribution is 0.449. The maximum atomic E-state index is 13.7. The number of amidine groups is 1. The number of halogens is 1. The molecule has 2 rings (SSSR count). The number of nitriles is 1. The fraction of sp³-hybridized carbons (Fsp3) is 0.0909. The molecule has 0 amide bonds. The highest BCUT2D eigenvalue weighted by molar-refractivity contribution is 6.45. The highest BCUT2D eigenvalue weighted by atomic mass is 19.1. The molecule has 1 aromatic heterocycles. The number of nitrogens with one attached hydrogen (secondary N) is 2. The van der Waals surface area contributed by atoms with Crippen molar-refractivity contribution in [3.05, 3.63) is 23.6 Å². The molecule has 0 bridgehead atoms. The Balaban J connectivity index is 2.40. The maximum absolute atomic E-state index is 13.7. The highest BCUT2D eigenvalue weighted by Gasteiger charge is 2.10. The third kappa shape index (κ3) is 2.35. The number of nitrogens with zero attached hydrogens (tertiary/aromatic N) is 3. The molecular weight excluding hydrogens is 251 g/mol. The number of hydrogen-bond acceptors (Lipinski definition) is 6. The van der Waals surface area contributed by atoms with E-state index in [0.29, 0.717) is 16.7 Å². The minimum Gasteiger partial charge on any atom is -0.382 e. The molecule has 0 saturated heterocycles. The van der Waals surface area contributed by atoms with E-state index in [0.717, 1.165) is 6.07 Å². The zero-order valence-corrected chi connectivity index (χ0v) is 9.86. The molecule has 0 aliphatic heterocycles. The predicted octanol–water partition coefficient (Wildman–Crippen LogP) is 1.50. The molecule has 0 unspecified atom stereocenters. The lowest BCUT2D eigenvalue weighted by Gasteiger charge is -2.02. The van der Waals surface area contributed by atoms with Crippen LogP contribution >= 0.6 is 0 Å². The van der Waals surface area contributed by atoms with Crippen molar-refractivity contribution in [1.82, 2.24) is 5.16 Å². The summed E-state index contributed by atoms with van der Waals surface area (Å²) >= 11 is 0. The van der Waals surface area contributed by atoms with Crippen LogP contribution in [0.4, 0.5) is 10.1 Å². The Hall–Kier alpha value is -2.95. The summed E-state index contributed by atoms with van der Waals surface area (Å²) in [5.41, 5.74) is 8.10. The molecule has 7 nitrogen and oxygen atoms in total. The number of aromatic nitrogens is 1. The van der Waals surface area contributed by atoms with Gasteiger partial charge in [-0.1, -0.05) is 5.16 Å². The van der Waals surface area contributed by atoms with E-state index in [-0.39, 0.29) is 11.4 Å². The second kappa shape index (κ2) is 4.73. The van der Waals surface area contributed by atoms with Crippen LogP contribution in [0.5, 0.6) is 0 Å². The molecule has 0 spiro atoms. The van der Waals surface area contributed by atoms with Crippen LogP contribution in [0.2, 0.25) is 0 Å². The summed E-state index contributed by atoms with van der Waals surface area (Å²) in [4.78, 5) is 0. The van der Waals surface area contributed by atoms with Crippen LogP contribution in [0.15, 0.2) is 21.8 Å². The number of hydrogen-bond donors (Lipinski definition) is 3. The summed E-state index contributed by atoms with van der Waals surface area (Å²) in [5.74, 6) is -1.12. The Morgan fingerprint density at radius 2 is 2.37 bits per heavy atom. The lowest BCUT2D eigenvalue weighted by Crippen LogP contribution is -2.22. The Morgan fingerprint density at radius 3 is 3.00 bits per heavy atom. The van der Waals surface area contributed by atoms with Gasteiger partial charge in [0.25, 0.3) is 0 Å². The molecule has 96 valence electrons. The molecule has 0 atom stereocenters. The minimum atomic E-state index is -0.617. The highest BCUT2D eigenvalue weighted by Crippen LogP contribution is 2.25. The van der Waals surface area contributed by atoms with Crippen LogP contribution < -0.4 is 11.2 Å². The Bertz CT molecular complexity index is 727. The first-order valence-electron chi connectivity index (χ1n) is 5.16. The van der Waals surface area contributed by atoms with Gasteiger partial charge in [-0.05, 0) is 13.0 Å². The number of nitrogens with two attached hydrogens (primary N) is 1. The standard InChI is InChI=1S/C11H9FN6O/c1-5-6-2-8(7(12)3-10(6)19-18-5)16-17-9(4-13)11(14)15/h2-3,16H,1H3,(H3,14,15)/b17-9+. The quantitative estimate of drug-likeness (QED) is 0.438. The summed E-state index contributed by atoms with van der Waals surface area (Å²) in [6.07, 6.45) is 0. The molecule has 8 heteroatoms. The number of anilines is 1. The van der Waals surface area contributed by atoms with Gasteiger partial charge in [0.1, 0.15) is 6.07 Å². The zero-order chi connectivity index (χ0) is 14.0. The van der Waals surface area contributed by atoms with Crippen molar-refractivity contribution in [1.29, 1.82) is 10.7 Å². The van der Waals surface area contributed by atoms with Crippen molar-refractivity contribution in [3.63, 3.8) is 0 Å². The molecule has 0 saturated carbocycles. The first kappa shape index (κ1) is 12.5. The molecule has 0 aliphatic carbocycles. The molecule has 4 N–H and O–H groups in total. The number of hydrazone groups is 1. The average molecular weight is 260 g/mol. The smallest absolute Gasteiger partial charge is 0.201 e. The van der Waals surface area contributed by atoms with E-state index in [9.17, 15) is 4.39 Å². The second-order valence-electron chi connectivity index (χ2n) is 3.69. The summed E-state index contributed by atoms with van der Waals surface area (Å²) < 4.78 is 18.6. The number of benzene rings is 1.